The summed E-state index contributed by atoms with van der Waals surface area (Å²) < 4.78 is 6.01. The second kappa shape index (κ2) is 5.03. The van der Waals surface area contributed by atoms with Crippen molar-refractivity contribution in [1.29, 1.82) is 0 Å². The monoisotopic (exact) mass is 333 g/mol. The fraction of sp³-hybridized carbons (Fsp3) is 0.417. The van der Waals surface area contributed by atoms with Crippen LogP contribution in [0.4, 0.5) is 5.69 Å². The molecule has 0 saturated carbocycles. The first-order valence-corrected chi connectivity index (χ1v) is 6.20. The van der Waals surface area contributed by atoms with Crippen molar-refractivity contribution in [3.8, 4) is 0 Å². The lowest BCUT2D eigenvalue weighted by molar-refractivity contribution is -0.148. The van der Waals surface area contributed by atoms with E-state index >= 15 is 0 Å². The molecule has 0 aliphatic rings. The van der Waals surface area contributed by atoms with Crippen molar-refractivity contribution >= 4 is 34.2 Å². The van der Waals surface area contributed by atoms with E-state index < -0.39 is 5.41 Å². The average Bonchev–Trinajstić information content (AvgIpc) is 2.22. The van der Waals surface area contributed by atoms with Crippen LogP contribution in [0.2, 0.25) is 0 Å². The number of anilines is 1. The molecule has 4 heteroatoms. The number of hydrogen-bond donors (Lipinski definition) is 1. The third-order valence-corrected chi connectivity index (χ3v) is 3.44. The molecule has 0 bridgehead atoms. The Balaban J connectivity index is 3.06. The number of hydrogen-bond acceptors (Lipinski definition) is 3. The van der Waals surface area contributed by atoms with Crippen LogP contribution in [0.3, 0.4) is 0 Å². The topological polar surface area (TPSA) is 52.3 Å². The number of carbonyl (C=O) groups excluding carboxylic acids is 1. The summed E-state index contributed by atoms with van der Waals surface area (Å²) in [7, 11) is 0. The maximum atomic E-state index is 11.8. The normalized spacial score (nSPS) is 11.2. The summed E-state index contributed by atoms with van der Waals surface area (Å²) in [6, 6.07) is 5.61. The smallest absolute Gasteiger partial charge is 0.315 e. The SMILES string of the molecule is CCOC(=O)C(C)(C)c1ccc(N)c(I)c1. The second-order valence-electron chi connectivity index (χ2n) is 4.08. The van der Waals surface area contributed by atoms with Gasteiger partial charge < -0.3 is 10.5 Å². The van der Waals surface area contributed by atoms with Crippen LogP contribution >= 0.6 is 22.6 Å². The molecule has 0 amide bonds. The summed E-state index contributed by atoms with van der Waals surface area (Å²) >= 11 is 2.16. The Bertz CT molecular complexity index is 402. The predicted molar refractivity (Wildman–Crippen MR) is 73.2 cm³/mol. The number of ether oxygens (including phenoxy) is 1. The van der Waals surface area contributed by atoms with Crippen molar-refractivity contribution in [2.45, 2.75) is 26.2 Å². The molecule has 0 radical (unpaired) electrons. The van der Waals surface area contributed by atoms with Crippen LogP contribution in [-0.2, 0) is 14.9 Å². The summed E-state index contributed by atoms with van der Waals surface area (Å²) in [5, 5.41) is 0. The van der Waals surface area contributed by atoms with Crippen LogP contribution in [0.15, 0.2) is 18.2 Å². The first-order chi connectivity index (χ1) is 7.39. The van der Waals surface area contributed by atoms with Gasteiger partial charge in [-0.15, -0.1) is 0 Å². The third-order valence-electron chi connectivity index (χ3n) is 2.51. The van der Waals surface area contributed by atoms with Gasteiger partial charge in [0.05, 0.1) is 12.0 Å². The highest BCUT2D eigenvalue weighted by molar-refractivity contribution is 14.1. The van der Waals surface area contributed by atoms with Crippen LogP contribution in [-0.4, -0.2) is 12.6 Å². The molecule has 0 fully saturated rings. The van der Waals surface area contributed by atoms with Gasteiger partial charge >= 0.3 is 5.97 Å². The van der Waals surface area contributed by atoms with Gasteiger partial charge in [0.2, 0.25) is 0 Å². The Morgan fingerprint density at radius 1 is 1.50 bits per heavy atom. The van der Waals surface area contributed by atoms with E-state index in [4.69, 9.17) is 10.5 Å². The third kappa shape index (κ3) is 2.66. The van der Waals surface area contributed by atoms with Gasteiger partial charge in [0.15, 0.2) is 0 Å². The van der Waals surface area contributed by atoms with Crippen molar-refractivity contribution < 1.29 is 9.53 Å². The van der Waals surface area contributed by atoms with E-state index in [1.165, 1.54) is 0 Å². The molecule has 0 atom stereocenters. The number of benzene rings is 1. The van der Waals surface area contributed by atoms with Gasteiger partial charge in [0.25, 0.3) is 0 Å². The summed E-state index contributed by atoms with van der Waals surface area (Å²) in [4.78, 5) is 11.8. The van der Waals surface area contributed by atoms with E-state index in [1.807, 2.05) is 32.0 Å². The van der Waals surface area contributed by atoms with Gasteiger partial charge in [-0.2, -0.15) is 0 Å². The fourth-order valence-corrected chi connectivity index (χ4v) is 1.86. The van der Waals surface area contributed by atoms with Gasteiger partial charge in [-0.05, 0) is 61.1 Å². The molecule has 0 spiro atoms. The summed E-state index contributed by atoms with van der Waals surface area (Å²) in [5.74, 6) is -0.212. The molecule has 1 aromatic carbocycles. The summed E-state index contributed by atoms with van der Waals surface area (Å²) in [6.45, 7) is 5.91. The number of carbonyl (C=O) groups is 1. The van der Waals surface area contributed by atoms with Gasteiger partial charge in [0.1, 0.15) is 0 Å². The molecule has 0 aromatic heterocycles. The van der Waals surface area contributed by atoms with E-state index in [2.05, 4.69) is 22.6 Å². The van der Waals surface area contributed by atoms with Crippen molar-refractivity contribution in [2.75, 3.05) is 12.3 Å². The van der Waals surface area contributed by atoms with E-state index in [0.717, 1.165) is 14.8 Å². The highest BCUT2D eigenvalue weighted by Crippen LogP contribution is 2.28. The van der Waals surface area contributed by atoms with Crippen LogP contribution in [0, 0.1) is 3.57 Å². The maximum absolute atomic E-state index is 11.8. The molecule has 16 heavy (non-hydrogen) atoms. The molecule has 88 valence electrons. The summed E-state index contributed by atoms with van der Waals surface area (Å²) in [5.41, 5.74) is 6.75. The van der Waals surface area contributed by atoms with Crippen molar-refractivity contribution in [1.82, 2.24) is 0 Å². The highest BCUT2D eigenvalue weighted by atomic mass is 127. The van der Waals surface area contributed by atoms with E-state index in [1.54, 1.807) is 6.92 Å². The molecule has 0 saturated heterocycles. The molecule has 0 aliphatic carbocycles. The Morgan fingerprint density at radius 2 is 2.12 bits per heavy atom. The molecule has 0 heterocycles. The van der Waals surface area contributed by atoms with Crippen LogP contribution in [0.25, 0.3) is 0 Å². The lowest BCUT2D eigenvalue weighted by Gasteiger charge is -2.23. The average molecular weight is 333 g/mol. The van der Waals surface area contributed by atoms with Crippen LogP contribution in [0.1, 0.15) is 26.3 Å². The molecule has 1 rings (SSSR count). The Hall–Kier alpha value is -0.780. The predicted octanol–water partition coefficient (Wildman–Crippen LogP) is 2.71. The Kier molecular flexibility index (Phi) is 4.18. The van der Waals surface area contributed by atoms with E-state index in [0.29, 0.717) is 6.61 Å². The largest absolute Gasteiger partial charge is 0.465 e. The zero-order valence-electron chi connectivity index (χ0n) is 9.71. The number of halogens is 1. The standard InChI is InChI=1S/C12H16INO2/c1-4-16-11(15)12(2,3)8-5-6-10(14)9(13)7-8/h5-7H,4,14H2,1-3H3. The Morgan fingerprint density at radius 3 is 2.62 bits per heavy atom. The molecule has 2 N–H and O–H groups in total. The maximum Gasteiger partial charge on any atom is 0.315 e. The van der Waals surface area contributed by atoms with E-state index in [9.17, 15) is 4.79 Å². The van der Waals surface area contributed by atoms with Crippen molar-refractivity contribution in [2.24, 2.45) is 0 Å². The number of esters is 1. The zero-order valence-corrected chi connectivity index (χ0v) is 11.9. The van der Waals surface area contributed by atoms with Gasteiger partial charge in [-0.25, -0.2) is 0 Å². The molecular weight excluding hydrogens is 317 g/mol. The van der Waals surface area contributed by atoms with Gasteiger partial charge in [-0.1, -0.05) is 6.07 Å². The number of nitrogens with two attached hydrogens (primary N) is 1. The number of nitrogen functional groups attached to an aromatic ring is 1. The minimum atomic E-state index is -0.635. The van der Waals surface area contributed by atoms with Gasteiger partial charge in [-0.3, -0.25) is 4.79 Å². The minimum absolute atomic E-state index is 0.212. The zero-order chi connectivity index (χ0) is 12.3. The lowest BCUT2D eigenvalue weighted by atomic mass is 9.85. The van der Waals surface area contributed by atoms with Crippen molar-refractivity contribution in [3.05, 3.63) is 27.3 Å². The second-order valence-corrected chi connectivity index (χ2v) is 5.24. The first-order valence-electron chi connectivity index (χ1n) is 5.12. The molecular formula is C12H16INO2. The lowest BCUT2D eigenvalue weighted by Crippen LogP contribution is -2.31. The number of rotatable bonds is 3. The van der Waals surface area contributed by atoms with Gasteiger partial charge in [0, 0.05) is 9.26 Å². The quantitative estimate of drug-likeness (QED) is 0.526. The molecule has 0 aliphatic heterocycles. The van der Waals surface area contributed by atoms with Crippen molar-refractivity contribution in [3.63, 3.8) is 0 Å². The Labute approximate surface area is 109 Å². The fourth-order valence-electron chi connectivity index (χ4n) is 1.35. The first kappa shape index (κ1) is 13.3. The van der Waals surface area contributed by atoms with E-state index in [-0.39, 0.29) is 5.97 Å². The molecule has 1 aromatic rings. The highest BCUT2D eigenvalue weighted by Gasteiger charge is 2.31. The van der Waals surface area contributed by atoms with Crippen LogP contribution in [0.5, 0.6) is 0 Å². The minimum Gasteiger partial charge on any atom is -0.465 e. The van der Waals surface area contributed by atoms with Crippen LogP contribution < -0.4 is 5.73 Å². The molecule has 0 unspecified atom stereocenters. The molecule has 3 nitrogen and oxygen atoms in total. The summed E-state index contributed by atoms with van der Waals surface area (Å²) in [6.07, 6.45) is 0.